The Kier molecular flexibility index (Phi) is 8.47. The number of amides is 1. The highest BCUT2D eigenvalue weighted by molar-refractivity contribution is 6.05. The molecule has 1 aromatic heterocycles. The molecule has 0 aliphatic rings. The lowest BCUT2D eigenvalue weighted by Crippen LogP contribution is -2.33. The molecular weight excluding hydrogens is 485 g/mol. The zero-order valence-electron chi connectivity index (χ0n) is 21.1. The Balaban J connectivity index is 1.65. The molecule has 0 aliphatic carbocycles. The Morgan fingerprint density at radius 3 is 2.47 bits per heavy atom. The van der Waals surface area contributed by atoms with Crippen molar-refractivity contribution < 1.29 is 19.1 Å². The molecule has 4 aromatic rings. The van der Waals surface area contributed by atoms with Crippen LogP contribution in [0.5, 0.6) is 0 Å². The number of nitrogens with one attached hydrogen (secondary N) is 3. The molecule has 0 saturated heterocycles. The molecule has 9 heteroatoms. The van der Waals surface area contributed by atoms with Gasteiger partial charge < -0.3 is 20.3 Å². The fourth-order valence-corrected chi connectivity index (χ4v) is 4.52. The van der Waals surface area contributed by atoms with Crippen LogP contribution >= 0.6 is 0 Å². The summed E-state index contributed by atoms with van der Waals surface area (Å²) in [5, 5.41) is 23.1. The van der Waals surface area contributed by atoms with E-state index in [2.05, 4.69) is 10.6 Å². The molecule has 0 fully saturated rings. The molecule has 1 amide bonds. The van der Waals surface area contributed by atoms with Gasteiger partial charge in [0.25, 0.3) is 5.91 Å². The molecular formula is C29H30FN5O3. The van der Waals surface area contributed by atoms with Crippen LogP contribution in [-0.4, -0.2) is 45.6 Å². The number of halogens is 1. The van der Waals surface area contributed by atoms with E-state index in [0.717, 1.165) is 16.6 Å². The number of hydrogen-bond donors (Lipinski definition) is 4. The highest BCUT2D eigenvalue weighted by Crippen LogP contribution is 2.26. The largest absolute Gasteiger partial charge is 0.478 e. The number of aromatic nitrogens is 2. The van der Waals surface area contributed by atoms with E-state index in [9.17, 15) is 19.1 Å². The predicted molar refractivity (Wildman–Crippen MR) is 145 cm³/mol. The van der Waals surface area contributed by atoms with Crippen molar-refractivity contribution in [2.45, 2.75) is 32.4 Å². The number of aryl methyl sites for hydroxylation is 1. The van der Waals surface area contributed by atoms with Gasteiger partial charge in [0.15, 0.2) is 0 Å². The zero-order chi connectivity index (χ0) is 27.1. The Bertz CT molecular complexity index is 1450. The number of carboxylic acids is 1. The van der Waals surface area contributed by atoms with Crippen molar-refractivity contribution in [1.29, 1.82) is 5.41 Å². The molecule has 8 nitrogen and oxygen atoms in total. The van der Waals surface area contributed by atoms with Gasteiger partial charge in [0.1, 0.15) is 18.3 Å². The maximum Gasteiger partial charge on any atom is 0.336 e. The Morgan fingerprint density at radius 2 is 1.76 bits per heavy atom. The molecule has 0 radical (unpaired) electrons. The van der Waals surface area contributed by atoms with Crippen LogP contribution in [0.4, 0.5) is 4.39 Å². The maximum atomic E-state index is 13.5. The van der Waals surface area contributed by atoms with Gasteiger partial charge >= 0.3 is 5.97 Å². The van der Waals surface area contributed by atoms with Crippen molar-refractivity contribution in [3.63, 3.8) is 0 Å². The van der Waals surface area contributed by atoms with E-state index in [1.165, 1.54) is 12.1 Å². The van der Waals surface area contributed by atoms with E-state index in [4.69, 9.17) is 10.4 Å². The molecule has 4 rings (SSSR count). The summed E-state index contributed by atoms with van der Waals surface area (Å²) in [6.45, 7) is 2.10. The molecule has 0 aliphatic heterocycles. The number of nitrogens with zero attached hydrogens (tertiary/aromatic N) is 2. The van der Waals surface area contributed by atoms with Crippen molar-refractivity contribution >= 4 is 28.7 Å². The molecule has 0 saturated carbocycles. The molecule has 0 spiro atoms. The summed E-state index contributed by atoms with van der Waals surface area (Å²) in [6.07, 6.45) is 0.977. The van der Waals surface area contributed by atoms with Crippen LogP contribution in [0, 0.1) is 5.41 Å². The SMILES string of the molecule is CCn1c(C(CCCNC(=N)CF)NC(=O)c2ccc(-c3ccccc3)cc2C(=O)O)nc2ccccc21. The monoisotopic (exact) mass is 515 g/mol. The number of alkyl halides is 1. The van der Waals surface area contributed by atoms with Crippen LogP contribution in [0.3, 0.4) is 0 Å². The highest BCUT2D eigenvalue weighted by atomic mass is 19.1. The van der Waals surface area contributed by atoms with Crippen molar-refractivity contribution in [2.75, 3.05) is 13.2 Å². The van der Waals surface area contributed by atoms with Crippen molar-refractivity contribution in [2.24, 2.45) is 0 Å². The second kappa shape index (κ2) is 12.1. The second-order valence-corrected chi connectivity index (χ2v) is 8.84. The summed E-state index contributed by atoms with van der Waals surface area (Å²) < 4.78 is 14.7. The molecule has 1 atom stereocenters. The lowest BCUT2D eigenvalue weighted by Gasteiger charge is -2.21. The van der Waals surface area contributed by atoms with E-state index in [-0.39, 0.29) is 17.0 Å². The first kappa shape index (κ1) is 26.5. The van der Waals surface area contributed by atoms with Gasteiger partial charge in [-0.3, -0.25) is 10.2 Å². The van der Waals surface area contributed by atoms with Gasteiger partial charge in [-0.2, -0.15) is 0 Å². The summed E-state index contributed by atoms with van der Waals surface area (Å²) in [7, 11) is 0. The second-order valence-electron chi connectivity index (χ2n) is 8.84. The number of para-hydroxylation sites is 2. The summed E-state index contributed by atoms with van der Waals surface area (Å²) in [4.78, 5) is 30.4. The Labute approximate surface area is 220 Å². The van der Waals surface area contributed by atoms with Crippen LogP contribution in [-0.2, 0) is 6.54 Å². The minimum absolute atomic E-state index is 0.0543. The summed E-state index contributed by atoms with van der Waals surface area (Å²) >= 11 is 0. The summed E-state index contributed by atoms with van der Waals surface area (Å²) in [6, 6.07) is 21.3. The van der Waals surface area contributed by atoms with Gasteiger partial charge in [0, 0.05) is 13.1 Å². The number of hydrogen-bond acceptors (Lipinski definition) is 4. The molecule has 196 valence electrons. The number of fused-ring (bicyclic) bond motifs is 1. The summed E-state index contributed by atoms with van der Waals surface area (Å²) in [5.74, 6) is -1.26. The van der Waals surface area contributed by atoms with Crippen LogP contribution in [0.15, 0.2) is 72.8 Å². The molecule has 38 heavy (non-hydrogen) atoms. The zero-order valence-corrected chi connectivity index (χ0v) is 21.1. The number of carbonyl (C=O) groups is 2. The van der Waals surface area contributed by atoms with E-state index in [1.54, 1.807) is 6.07 Å². The number of rotatable bonds is 11. The fraction of sp³-hybridized carbons (Fsp3) is 0.241. The number of aromatic carboxylic acids is 1. The van der Waals surface area contributed by atoms with Crippen LogP contribution in [0.25, 0.3) is 22.2 Å². The lowest BCUT2D eigenvalue weighted by molar-refractivity contribution is 0.0690. The summed E-state index contributed by atoms with van der Waals surface area (Å²) in [5.41, 5.74) is 3.23. The average molecular weight is 516 g/mol. The van der Waals surface area contributed by atoms with Gasteiger partial charge in [-0.25, -0.2) is 14.2 Å². The van der Waals surface area contributed by atoms with E-state index in [1.807, 2.05) is 66.1 Å². The Morgan fingerprint density at radius 1 is 1.03 bits per heavy atom. The third-order valence-corrected chi connectivity index (χ3v) is 6.36. The third-order valence-electron chi connectivity index (χ3n) is 6.36. The standard InChI is InChI=1S/C29H30FN5O3/c1-2-35-25-13-7-6-11-23(25)33-27(35)24(12-8-16-32-26(31)18-30)34-28(36)21-15-14-20(17-22(21)29(37)38)19-9-4-3-5-10-19/h3-7,9-11,13-15,17,24H,2,8,12,16,18H2,1H3,(H2,31,32)(H,34,36)(H,37,38). The molecule has 1 heterocycles. The van der Waals surface area contributed by atoms with Crippen LogP contribution in [0.2, 0.25) is 0 Å². The first-order valence-corrected chi connectivity index (χ1v) is 12.5. The number of carboxylic acid groups (broad SMARTS) is 1. The number of benzene rings is 3. The quantitative estimate of drug-likeness (QED) is 0.124. The molecule has 1 unspecified atom stereocenters. The van der Waals surface area contributed by atoms with Crippen LogP contribution in [0.1, 0.15) is 52.3 Å². The van der Waals surface area contributed by atoms with Crippen molar-refractivity contribution in [3.8, 4) is 11.1 Å². The van der Waals surface area contributed by atoms with E-state index in [0.29, 0.717) is 37.3 Å². The van der Waals surface area contributed by atoms with Gasteiger partial charge in [-0.15, -0.1) is 0 Å². The Hall–Kier alpha value is -4.53. The predicted octanol–water partition coefficient (Wildman–Crippen LogP) is 5.21. The third kappa shape index (κ3) is 5.88. The minimum atomic E-state index is -1.20. The topological polar surface area (TPSA) is 120 Å². The van der Waals surface area contributed by atoms with Gasteiger partial charge in [-0.1, -0.05) is 48.5 Å². The van der Waals surface area contributed by atoms with Crippen molar-refractivity contribution in [3.05, 3.63) is 89.7 Å². The fourth-order valence-electron chi connectivity index (χ4n) is 4.52. The minimum Gasteiger partial charge on any atom is -0.478 e. The molecule has 0 bridgehead atoms. The van der Waals surface area contributed by atoms with E-state index < -0.39 is 24.6 Å². The molecule has 4 N–H and O–H groups in total. The van der Waals surface area contributed by atoms with Gasteiger partial charge in [0.2, 0.25) is 0 Å². The number of imidazole rings is 1. The van der Waals surface area contributed by atoms with Crippen molar-refractivity contribution in [1.82, 2.24) is 20.2 Å². The van der Waals surface area contributed by atoms with E-state index >= 15 is 0 Å². The lowest BCUT2D eigenvalue weighted by atomic mass is 9.98. The van der Waals surface area contributed by atoms with Gasteiger partial charge in [0.05, 0.1) is 28.2 Å². The first-order chi connectivity index (χ1) is 18.4. The smallest absolute Gasteiger partial charge is 0.336 e. The maximum absolute atomic E-state index is 13.5. The number of amidine groups is 1. The van der Waals surface area contributed by atoms with Gasteiger partial charge in [-0.05, 0) is 55.2 Å². The van der Waals surface area contributed by atoms with Crippen LogP contribution < -0.4 is 10.6 Å². The number of carbonyl (C=O) groups excluding carboxylic acids is 1. The average Bonchev–Trinajstić information content (AvgIpc) is 3.33. The normalized spacial score (nSPS) is 11.7. The molecule has 3 aromatic carbocycles. The first-order valence-electron chi connectivity index (χ1n) is 12.5. The highest BCUT2D eigenvalue weighted by Gasteiger charge is 2.25.